The molecule has 0 unspecified atom stereocenters. The smallest absolute Gasteiger partial charge is 0.326 e. The van der Waals surface area contributed by atoms with Crippen molar-refractivity contribution in [2.24, 2.45) is 5.92 Å². The Morgan fingerprint density at radius 2 is 1.89 bits per heavy atom. The Balaban J connectivity index is 2.47. The second kappa shape index (κ2) is 7.41. The Bertz CT molecular complexity index is 420. The molecule has 0 heterocycles. The van der Waals surface area contributed by atoms with E-state index < -0.39 is 12.0 Å². The molecule has 0 aliphatic heterocycles. The number of amides is 1. The molecule has 2 atom stereocenters. The molecule has 1 amide bonds. The van der Waals surface area contributed by atoms with Gasteiger partial charge in [0.25, 0.3) is 0 Å². The number of carbonyl (C=O) groups is 2. The monoisotopic (exact) mass is 264 g/mol. The van der Waals surface area contributed by atoms with Gasteiger partial charge in [0.05, 0.1) is 6.54 Å². The van der Waals surface area contributed by atoms with Gasteiger partial charge in [0, 0.05) is 5.69 Å². The van der Waals surface area contributed by atoms with Crippen LogP contribution in [0.3, 0.4) is 0 Å². The van der Waals surface area contributed by atoms with Crippen LogP contribution in [0.2, 0.25) is 0 Å². The number of hydrogen-bond acceptors (Lipinski definition) is 3. The molecule has 0 aliphatic carbocycles. The van der Waals surface area contributed by atoms with Crippen molar-refractivity contribution in [3.8, 4) is 0 Å². The minimum absolute atomic E-state index is 0.0597. The molecule has 104 valence electrons. The molecule has 5 nitrogen and oxygen atoms in total. The Morgan fingerprint density at radius 1 is 1.26 bits per heavy atom. The summed E-state index contributed by atoms with van der Waals surface area (Å²) in [7, 11) is 0. The van der Waals surface area contributed by atoms with Crippen LogP contribution in [-0.4, -0.2) is 29.6 Å². The molecule has 5 heteroatoms. The third-order valence-corrected chi connectivity index (χ3v) is 3.02. The zero-order valence-corrected chi connectivity index (χ0v) is 11.2. The maximum absolute atomic E-state index is 11.7. The third-order valence-electron chi connectivity index (χ3n) is 3.02. The average Bonchev–Trinajstić information content (AvgIpc) is 2.42. The molecule has 1 rings (SSSR count). The second-order valence-corrected chi connectivity index (χ2v) is 4.49. The minimum Gasteiger partial charge on any atom is -0.480 e. The van der Waals surface area contributed by atoms with Crippen molar-refractivity contribution < 1.29 is 14.7 Å². The zero-order valence-electron chi connectivity index (χ0n) is 11.2. The summed E-state index contributed by atoms with van der Waals surface area (Å²) in [5.41, 5.74) is 0.827. The minimum atomic E-state index is -0.998. The van der Waals surface area contributed by atoms with E-state index in [-0.39, 0.29) is 18.4 Å². The lowest BCUT2D eigenvalue weighted by Crippen LogP contribution is -2.46. The number of carboxylic acids is 1. The first-order valence-corrected chi connectivity index (χ1v) is 6.35. The van der Waals surface area contributed by atoms with Crippen molar-refractivity contribution in [3.05, 3.63) is 30.3 Å². The molecule has 0 saturated carbocycles. The van der Waals surface area contributed by atoms with Crippen LogP contribution in [0.25, 0.3) is 0 Å². The highest BCUT2D eigenvalue weighted by molar-refractivity contribution is 5.86. The molecule has 19 heavy (non-hydrogen) atoms. The van der Waals surface area contributed by atoms with E-state index in [0.717, 1.165) is 5.69 Å². The van der Waals surface area contributed by atoms with Crippen LogP contribution in [0, 0.1) is 5.92 Å². The molecule has 3 N–H and O–H groups in total. The summed E-state index contributed by atoms with van der Waals surface area (Å²) < 4.78 is 0. The predicted molar refractivity (Wildman–Crippen MR) is 74.0 cm³/mol. The molecule has 0 saturated heterocycles. The van der Waals surface area contributed by atoms with Gasteiger partial charge in [0.15, 0.2) is 0 Å². The van der Waals surface area contributed by atoms with Crippen molar-refractivity contribution in [2.45, 2.75) is 26.3 Å². The lowest BCUT2D eigenvalue weighted by Gasteiger charge is -2.20. The number of carbonyl (C=O) groups excluding carboxylic acids is 1. The van der Waals surface area contributed by atoms with Gasteiger partial charge in [-0.1, -0.05) is 38.5 Å². The van der Waals surface area contributed by atoms with Crippen LogP contribution >= 0.6 is 0 Å². The maximum atomic E-state index is 11.7. The number of carboxylic acid groups (broad SMARTS) is 1. The fraction of sp³-hybridized carbons (Fsp3) is 0.429. The largest absolute Gasteiger partial charge is 0.480 e. The number of hydrogen-bond donors (Lipinski definition) is 3. The van der Waals surface area contributed by atoms with E-state index in [4.69, 9.17) is 5.11 Å². The highest BCUT2D eigenvalue weighted by Crippen LogP contribution is 2.08. The summed E-state index contributed by atoms with van der Waals surface area (Å²) >= 11 is 0. The van der Waals surface area contributed by atoms with Gasteiger partial charge in [-0.2, -0.15) is 0 Å². The topological polar surface area (TPSA) is 78.4 Å². The first kappa shape index (κ1) is 15.0. The fourth-order valence-corrected chi connectivity index (χ4v) is 1.65. The summed E-state index contributed by atoms with van der Waals surface area (Å²) in [5, 5.41) is 14.6. The van der Waals surface area contributed by atoms with Crippen molar-refractivity contribution in [2.75, 3.05) is 11.9 Å². The Labute approximate surface area is 113 Å². The van der Waals surface area contributed by atoms with Crippen molar-refractivity contribution in [3.63, 3.8) is 0 Å². The fourth-order valence-electron chi connectivity index (χ4n) is 1.65. The Kier molecular flexibility index (Phi) is 5.85. The van der Waals surface area contributed by atoms with Crippen LogP contribution in [-0.2, 0) is 9.59 Å². The summed E-state index contributed by atoms with van der Waals surface area (Å²) in [4.78, 5) is 22.8. The van der Waals surface area contributed by atoms with E-state index in [1.54, 1.807) is 0 Å². The summed E-state index contributed by atoms with van der Waals surface area (Å²) in [6.45, 7) is 3.77. The van der Waals surface area contributed by atoms with Gasteiger partial charge < -0.3 is 15.7 Å². The molecule has 1 aromatic rings. The standard InChI is InChI=1S/C14H20N2O3/c1-3-10(2)13(14(18)19)16-12(17)9-15-11-7-5-4-6-8-11/h4-8,10,13,15H,3,9H2,1-2H3,(H,16,17)(H,18,19)/t10-,13-/m0/s1. The quantitative estimate of drug-likeness (QED) is 0.700. The zero-order chi connectivity index (χ0) is 14.3. The molecule has 0 radical (unpaired) electrons. The van der Waals surface area contributed by atoms with Crippen LogP contribution in [0.15, 0.2) is 30.3 Å². The van der Waals surface area contributed by atoms with E-state index in [9.17, 15) is 9.59 Å². The van der Waals surface area contributed by atoms with Gasteiger partial charge in [0.1, 0.15) is 6.04 Å². The molecule has 0 spiro atoms. The maximum Gasteiger partial charge on any atom is 0.326 e. The van der Waals surface area contributed by atoms with E-state index in [1.807, 2.05) is 44.2 Å². The molecule has 0 aromatic heterocycles. The van der Waals surface area contributed by atoms with Crippen molar-refractivity contribution >= 4 is 17.6 Å². The normalized spacial score (nSPS) is 13.4. The number of rotatable bonds is 7. The van der Waals surface area contributed by atoms with Gasteiger partial charge in [-0.25, -0.2) is 4.79 Å². The number of anilines is 1. The van der Waals surface area contributed by atoms with Gasteiger partial charge in [0.2, 0.25) is 5.91 Å². The second-order valence-electron chi connectivity index (χ2n) is 4.49. The van der Waals surface area contributed by atoms with Gasteiger partial charge >= 0.3 is 5.97 Å². The van der Waals surface area contributed by atoms with Crippen molar-refractivity contribution in [1.29, 1.82) is 0 Å². The summed E-state index contributed by atoms with van der Waals surface area (Å²) in [5.74, 6) is -1.42. The van der Waals surface area contributed by atoms with E-state index >= 15 is 0 Å². The SMILES string of the molecule is CC[C@H](C)[C@H](NC(=O)CNc1ccccc1)C(=O)O. The van der Waals surface area contributed by atoms with Gasteiger partial charge in [-0.05, 0) is 18.1 Å². The van der Waals surface area contributed by atoms with Gasteiger partial charge in [-0.3, -0.25) is 4.79 Å². The number of nitrogens with one attached hydrogen (secondary N) is 2. The molecular weight excluding hydrogens is 244 g/mol. The molecule has 0 bridgehead atoms. The van der Waals surface area contributed by atoms with E-state index in [0.29, 0.717) is 6.42 Å². The highest BCUT2D eigenvalue weighted by atomic mass is 16.4. The Morgan fingerprint density at radius 3 is 2.42 bits per heavy atom. The first-order valence-electron chi connectivity index (χ1n) is 6.35. The van der Waals surface area contributed by atoms with E-state index in [2.05, 4.69) is 10.6 Å². The van der Waals surface area contributed by atoms with Crippen LogP contribution in [0.4, 0.5) is 5.69 Å². The van der Waals surface area contributed by atoms with Crippen LogP contribution in [0.1, 0.15) is 20.3 Å². The molecule has 1 aromatic carbocycles. The Hall–Kier alpha value is -2.04. The van der Waals surface area contributed by atoms with Gasteiger partial charge in [-0.15, -0.1) is 0 Å². The highest BCUT2D eigenvalue weighted by Gasteiger charge is 2.24. The first-order chi connectivity index (χ1) is 9.04. The van der Waals surface area contributed by atoms with Crippen LogP contribution < -0.4 is 10.6 Å². The lowest BCUT2D eigenvalue weighted by atomic mass is 9.99. The molecular formula is C14H20N2O3. The molecule has 0 fully saturated rings. The predicted octanol–water partition coefficient (Wildman–Crippen LogP) is 1.71. The average molecular weight is 264 g/mol. The van der Waals surface area contributed by atoms with E-state index in [1.165, 1.54) is 0 Å². The third kappa shape index (κ3) is 4.99. The number of benzene rings is 1. The number of para-hydroxylation sites is 1. The summed E-state index contributed by atoms with van der Waals surface area (Å²) in [6.07, 6.45) is 0.698. The van der Waals surface area contributed by atoms with Crippen LogP contribution in [0.5, 0.6) is 0 Å². The summed E-state index contributed by atoms with van der Waals surface area (Å²) in [6, 6.07) is 8.45. The van der Waals surface area contributed by atoms with Crippen molar-refractivity contribution in [1.82, 2.24) is 5.32 Å². The molecule has 0 aliphatic rings. The number of aliphatic carboxylic acids is 1. The lowest BCUT2D eigenvalue weighted by molar-refractivity contribution is -0.143.